The average Bonchev–Trinajstić information content (AvgIpc) is 2.68. The van der Waals surface area contributed by atoms with Gasteiger partial charge in [-0.15, -0.1) is 0 Å². The van der Waals surface area contributed by atoms with Crippen LogP contribution in [0.2, 0.25) is 5.02 Å². The van der Waals surface area contributed by atoms with Crippen molar-refractivity contribution in [2.45, 2.75) is 32.6 Å². The lowest BCUT2D eigenvalue weighted by atomic mass is 10.1. The second kappa shape index (κ2) is 11.2. The molecule has 2 rings (SSSR count). The number of rotatable bonds is 9. The lowest BCUT2D eigenvalue weighted by molar-refractivity contribution is -0.136. The summed E-state index contributed by atoms with van der Waals surface area (Å²) in [7, 11) is 0. The number of amides is 2. The first-order valence-electron chi connectivity index (χ1n) is 9.15. The number of hydrogen-bond acceptors (Lipinski definition) is 3. The summed E-state index contributed by atoms with van der Waals surface area (Å²) in [5, 5.41) is 5.81. The third kappa shape index (κ3) is 7.31. The summed E-state index contributed by atoms with van der Waals surface area (Å²) in [6.07, 6.45) is 3.86. The van der Waals surface area contributed by atoms with Crippen LogP contribution >= 0.6 is 11.6 Å². The van der Waals surface area contributed by atoms with E-state index in [0.29, 0.717) is 30.3 Å². The number of hydrogen-bond donors (Lipinski definition) is 2. The number of benzene rings is 2. The molecule has 0 atom stereocenters. The van der Waals surface area contributed by atoms with Gasteiger partial charge in [0, 0.05) is 17.3 Å². The van der Waals surface area contributed by atoms with Gasteiger partial charge in [-0.3, -0.25) is 9.59 Å². The molecule has 0 aliphatic carbocycles. The Morgan fingerprint density at radius 2 is 1.74 bits per heavy atom. The molecule has 144 valence electrons. The topological polar surface area (TPSA) is 67.4 Å². The van der Waals surface area contributed by atoms with Gasteiger partial charge < -0.3 is 15.4 Å². The lowest BCUT2D eigenvalue weighted by Gasteiger charge is -2.09. The molecule has 27 heavy (non-hydrogen) atoms. The summed E-state index contributed by atoms with van der Waals surface area (Å²) in [5.74, 6) is -0.638. The van der Waals surface area contributed by atoms with Crippen LogP contribution in [0.15, 0.2) is 48.5 Å². The van der Waals surface area contributed by atoms with Gasteiger partial charge in [-0.25, -0.2) is 0 Å². The molecule has 0 heterocycles. The Kier molecular flexibility index (Phi) is 8.65. The van der Waals surface area contributed by atoms with E-state index in [0.717, 1.165) is 30.6 Å². The van der Waals surface area contributed by atoms with E-state index in [9.17, 15) is 9.59 Å². The monoisotopic (exact) mass is 388 g/mol. The molecule has 6 heteroatoms. The first-order chi connectivity index (χ1) is 13.1. The summed E-state index contributed by atoms with van der Waals surface area (Å²) in [6, 6.07) is 14.4. The van der Waals surface area contributed by atoms with E-state index < -0.39 is 11.8 Å². The molecule has 2 aromatic rings. The fraction of sp³-hybridized carbons (Fsp3) is 0.333. The summed E-state index contributed by atoms with van der Waals surface area (Å²) in [5.41, 5.74) is 1.47. The normalized spacial score (nSPS) is 10.3. The van der Waals surface area contributed by atoms with Crippen molar-refractivity contribution in [3.63, 3.8) is 0 Å². The molecule has 5 nitrogen and oxygen atoms in total. The molecule has 0 aliphatic heterocycles. The van der Waals surface area contributed by atoms with Crippen LogP contribution in [0, 0.1) is 0 Å². The first kappa shape index (κ1) is 20.8. The van der Waals surface area contributed by atoms with Crippen molar-refractivity contribution in [3.8, 4) is 5.75 Å². The fourth-order valence-corrected chi connectivity index (χ4v) is 2.69. The number of carbonyl (C=O) groups is 2. The van der Waals surface area contributed by atoms with E-state index in [-0.39, 0.29) is 0 Å². The quantitative estimate of drug-likeness (QED) is 0.499. The average molecular weight is 389 g/mol. The van der Waals surface area contributed by atoms with E-state index in [2.05, 4.69) is 17.6 Å². The smallest absolute Gasteiger partial charge is 0.313 e. The second-order valence-electron chi connectivity index (χ2n) is 6.13. The van der Waals surface area contributed by atoms with Crippen LogP contribution in [0.3, 0.4) is 0 Å². The predicted molar refractivity (Wildman–Crippen MR) is 108 cm³/mol. The zero-order valence-electron chi connectivity index (χ0n) is 15.5. The van der Waals surface area contributed by atoms with Gasteiger partial charge in [0.1, 0.15) is 5.75 Å². The molecule has 0 aliphatic rings. The van der Waals surface area contributed by atoms with Crippen molar-refractivity contribution < 1.29 is 14.3 Å². The molecule has 0 saturated heterocycles. The molecular formula is C21H25ClN2O3. The Bertz CT molecular complexity index is 747. The van der Waals surface area contributed by atoms with Gasteiger partial charge >= 0.3 is 11.8 Å². The van der Waals surface area contributed by atoms with Crippen LogP contribution in [-0.4, -0.2) is 25.0 Å². The summed E-state index contributed by atoms with van der Waals surface area (Å²) in [4.78, 5) is 23.9. The highest BCUT2D eigenvalue weighted by atomic mass is 35.5. The minimum atomic E-state index is -0.703. The molecule has 2 N–H and O–H groups in total. The van der Waals surface area contributed by atoms with Gasteiger partial charge in [-0.2, -0.15) is 0 Å². The maximum Gasteiger partial charge on any atom is 0.313 e. The standard InChI is InChI=1S/C21H25ClN2O3/c1-2-3-6-15-27-18-11-9-17(10-12-18)24-21(26)20(25)23-14-13-16-7-4-5-8-19(16)22/h4-5,7-12H,2-3,6,13-15H2,1H3,(H,23,25)(H,24,26). The summed E-state index contributed by atoms with van der Waals surface area (Å²) >= 11 is 6.07. The van der Waals surface area contributed by atoms with Gasteiger partial charge in [0.05, 0.1) is 6.61 Å². The Morgan fingerprint density at radius 1 is 1.00 bits per heavy atom. The van der Waals surface area contributed by atoms with Gasteiger partial charge in [0.15, 0.2) is 0 Å². The molecule has 2 amide bonds. The largest absolute Gasteiger partial charge is 0.494 e. The summed E-state index contributed by atoms with van der Waals surface area (Å²) in [6.45, 7) is 3.15. The van der Waals surface area contributed by atoms with Crippen LogP contribution in [0.25, 0.3) is 0 Å². The van der Waals surface area contributed by atoms with E-state index in [1.54, 1.807) is 30.3 Å². The van der Waals surface area contributed by atoms with Crippen LogP contribution < -0.4 is 15.4 Å². The highest BCUT2D eigenvalue weighted by molar-refractivity contribution is 6.39. The molecular weight excluding hydrogens is 364 g/mol. The van der Waals surface area contributed by atoms with Gasteiger partial charge in [-0.05, 0) is 48.7 Å². The van der Waals surface area contributed by atoms with Crippen LogP contribution in [0.4, 0.5) is 5.69 Å². The SMILES string of the molecule is CCCCCOc1ccc(NC(=O)C(=O)NCCc2ccccc2Cl)cc1. The number of halogens is 1. The van der Waals surface area contributed by atoms with E-state index in [1.165, 1.54) is 0 Å². The van der Waals surface area contributed by atoms with E-state index in [1.807, 2.05) is 18.2 Å². The van der Waals surface area contributed by atoms with Crippen molar-refractivity contribution in [2.75, 3.05) is 18.5 Å². The molecule has 0 unspecified atom stereocenters. The number of anilines is 1. The van der Waals surface area contributed by atoms with Gasteiger partial charge in [0.2, 0.25) is 0 Å². The number of nitrogens with one attached hydrogen (secondary N) is 2. The highest BCUT2D eigenvalue weighted by Gasteiger charge is 2.13. The molecule has 0 saturated carbocycles. The molecule has 0 fully saturated rings. The fourth-order valence-electron chi connectivity index (χ4n) is 2.46. The summed E-state index contributed by atoms with van der Waals surface area (Å²) < 4.78 is 5.62. The van der Waals surface area contributed by atoms with Gasteiger partial charge in [-0.1, -0.05) is 49.6 Å². The van der Waals surface area contributed by atoms with Crippen LogP contribution in [0.1, 0.15) is 31.7 Å². The molecule has 0 aromatic heterocycles. The lowest BCUT2D eigenvalue weighted by Crippen LogP contribution is -2.36. The van der Waals surface area contributed by atoms with E-state index in [4.69, 9.17) is 16.3 Å². The Hall–Kier alpha value is -2.53. The Balaban J connectivity index is 1.73. The maximum absolute atomic E-state index is 12.0. The minimum absolute atomic E-state index is 0.334. The first-order valence-corrected chi connectivity index (χ1v) is 9.53. The maximum atomic E-state index is 12.0. The Morgan fingerprint density at radius 3 is 2.44 bits per heavy atom. The molecule has 0 spiro atoms. The molecule has 0 radical (unpaired) electrons. The second-order valence-corrected chi connectivity index (χ2v) is 6.54. The molecule has 2 aromatic carbocycles. The third-order valence-corrected chi connectivity index (χ3v) is 4.34. The number of carbonyl (C=O) groups excluding carboxylic acids is 2. The Labute approximate surface area is 165 Å². The van der Waals surface area contributed by atoms with Crippen LogP contribution in [0.5, 0.6) is 5.75 Å². The van der Waals surface area contributed by atoms with Gasteiger partial charge in [0.25, 0.3) is 0 Å². The zero-order chi connectivity index (χ0) is 19.5. The third-order valence-electron chi connectivity index (χ3n) is 3.97. The predicted octanol–water partition coefficient (Wildman–Crippen LogP) is 4.21. The van der Waals surface area contributed by atoms with E-state index >= 15 is 0 Å². The number of ether oxygens (including phenoxy) is 1. The number of unbranched alkanes of at least 4 members (excludes halogenated alkanes) is 2. The van der Waals surface area contributed by atoms with Crippen molar-refractivity contribution in [2.24, 2.45) is 0 Å². The van der Waals surface area contributed by atoms with Crippen molar-refractivity contribution in [1.29, 1.82) is 0 Å². The van der Waals surface area contributed by atoms with Crippen molar-refractivity contribution >= 4 is 29.1 Å². The highest BCUT2D eigenvalue weighted by Crippen LogP contribution is 2.16. The van der Waals surface area contributed by atoms with Crippen molar-refractivity contribution in [1.82, 2.24) is 5.32 Å². The zero-order valence-corrected chi connectivity index (χ0v) is 16.2. The van der Waals surface area contributed by atoms with Crippen molar-refractivity contribution in [3.05, 3.63) is 59.1 Å². The van der Waals surface area contributed by atoms with Crippen LogP contribution in [-0.2, 0) is 16.0 Å². The molecule has 0 bridgehead atoms. The minimum Gasteiger partial charge on any atom is -0.494 e.